The van der Waals surface area contributed by atoms with Crippen molar-refractivity contribution in [1.29, 1.82) is 0 Å². The van der Waals surface area contributed by atoms with E-state index in [2.05, 4.69) is 0 Å². The van der Waals surface area contributed by atoms with Gasteiger partial charge in [0.2, 0.25) is 0 Å². The number of cyclic esters (lactones) is 1. The van der Waals surface area contributed by atoms with Crippen molar-refractivity contribution in [1.82, 2.24) is 0 Å². The van der Waals surface area contributed by atoms with Crippen molar-refractivity contribution < 1.29 is 29.3 Å². The molecule has 23 heavy (non-hydrogen) atoms. The van der Waals surface area contributed by atoms with Crippen molar-refractivity contribution in [3.63, 3.8) is 0 Å². The molecular weight excluding hydrogens is 300 g/mol. The zero-order valence-electron chi connectivity index (χ0n) is 14.4. The van der Waals surface area contributed by atoms with Crippen LogP contribution in [0.3, 0.4) is 0 Å². The van der Waals surface area contributed by atoms with Crippen molar-refractivity contribution >= 4 is 17.5 Å². The second-order valence-electron chi connectivity index (χ2n) is 7.17. The van der Waals surface area contributed by atoms with E-state index in [-0.39, 0.29) is 31.7 Å². The molecular formula is C17H28O6. The summed E-state index contributed by atoms with van der Waals surface area (Å²) in [7, 11) is 0. The third kappa shape index (κ3) is 5.39. The van der Waals surface area contributed by atoms with Crippen LogP contribution in [-0.4, -0.2) is 45.6 Å². The lowest BCUT2D eigenvalue weighted by atomic mass is 9.82. The standard InChI is InChI=1S/C17H28O6/c1-11-6-5-9-16(3,21)14(19)12(2)7-8-13(18)23-10-17(4,22)15(11)20/h11-12,21-22H,5-10H2,1-4H3/t11-,12-,16+,17+/m0/s1. The smallest absolute Gasteiger partial charge is 0.305 e. The number of hydrogen-bond donors (Lipinski definition) is 2. The van der Waals surface area contributed by atoms with Crippen molar-refractivity contribution in [3.05, 3.63) is 0 Å². The van der Waals surface area contributed by atoms with Crippen LogP contribution in [0.25, 0.3) is 0 Å². The van der Waals surface area contributed by atoms with Crippen LogP contribution in [-0.2, 0) is 19.1 Å². The van der Waals surface area contributed by atoms with Gasteiger partial charge in [-0.05, 0) is 39.5 Å². The number of Topliss-reactive ketones (excluding diaryl/α,β-unsaturated/α-hetero) is 2. The Balaban J connectivity index is 2.91. The number of aliphatic hydroxyl groups is 2. The second kappa shape index (κ2) is 7.53. The lowest BCUT2D eigenvalue weighted by Crippen LogP contribution is -2.44. The zero-order chi connectivity index (χ0) is 17.8. The average molecular weight is 328 g/mol. The number of rotatable bonds is 0. The van der Waals surface area contributed by atoms with Crippen LogP contribution in [0.5, 0.6) is 0 Å². The highest BCUT2D eigenvalue weighted by Gasteiger charge is 2.37. The fourth-order valence-electron chi connectivity index (χ4n) is 2.90. The van der Waals surface area contributed by atoms with Gasteiger partial charge in [0, 0.05) is 18.3 Å². The zero-order valence-corrected chi connectivity index (χ0v) is 14.4. The third-order valence-corrected chi connectivity index (χ3v) is 4.55. The van der Waals surface area contributed by atoms with Crippen molar-refractivity contribution in [2.75, 3.05) is 6.61 Å². The minimum absolute atomic E-state index is 0.00279. The molecule has 0 amide bonds. The predicted octanol–water partition coefficient (Wildman–Crippen LogP) is 1.41. The topological polar surface area (TPSA) is 101 Å². The maximum absolute atomic E-state index is 12.3. The van der Waals surface area contributed by atoms with Crippen molar-refractivity contribution in [2.45, 2.75) is 71.0 Å². The molecule has 132 valence electrons. The Morgan fingerprint density at radius 3 is 2.09 bits per heavy atom. The van der Waals surface area contributed by atoms with E-state index in [1.807, 2.05) is 0 Å². The quantitative estimate of drug-likeness (QED) is 0.652. The van der Waals surface area contributed by atoms with E-state index < -0.39 is 34.8 Å². The van der Waals surface area contributed by atoms with Gasteiger partial charge in [0.25, 0.3) is 0 Å². The van der Waals surface area contributed by atoms with Gasteiger partial charge in [-0.2, -0.15) is 0 Å². The summed E-state index contributed by atoms with van der Waals surface area (Å²) < 4.78 is 4.97. The number of carbonyl (C=O) groups excluding carboxylic acids is 3. The molecule has 6 heteroatoms. The molecule has 1 heterocycles. The lowest BCUT2D eigenvalue weighted by Gasteiger charge is -2.28. The molecule has 0 saturated carbocycles. The SMILES string of the molecule is C[C@H]1CCC(=O)OC[C@@](C)(O)C(=O)[C@@H](C)CCC[C@@](C)(O)C1=O. The van der Waals surface area contributed by atoms with Crippen LogP contribution < -0.4 is 0 Å². The predicted molar refractivity (Wildman–Crippen MR) is 83.6 cm³/mol. The van der Waals surface area contributed by atoms with Crippen LogP contribution >= 0.6 is 0 Å². The first-order valence-corrected chi connectivity index (χ1v) is 8.16. The molecule has 4 atom stereocenters. The summed E-state index contributed by atoms with van der Waals surface area (Å²) in [6.07, 6.45) is 1.46. The van der Waals surface area contributed by atoms with E-state index in [1.54, 1.807) is 13.8 Å². The maximum atomic E-state index is 12.3. The minimum atomic E-state index is -1.72. The molecule has 0 aromatic heterocycles. The average Bonchev–Trinajstić information content (AvgIpc) is 2.47. The minimum Gasteiger partial charge on any atom is -0.462 e. The largest absolute Gasteiger partial charge is 0.462 e. The Hall–Kier alpha value is -1.27. The van der Waals surface area contributed by atoms with Gasteiger partial charge in [0.15, 0.2) is 17.2 Å². The van der Waals surface area contributed by atoms with E-state index >= 15 is 0 Å². The van der Waals surface area contributed by atoms with Gasteiger partial charge in [-0.25, -0.2) is 0 Å². The molecule has 0 spiro atoms. The van der Waals surface area contributed by atoms with E-state index in [4.69, 9.17) is 4.74 Å². The van der Waals surface area contributed by atoms with Crippen molar-refractivity contribution in [2.24, 2.45) is 11.8 Å². The van der Waals surface area contributed by atoms with Crippen LogP contribution in [0.1, 0.15) is 59.8 Å². The monoisotopic (exact) mass is 328 g/mol. The number of carbonyl (C=O) groups is 3. The Morgan fingerprint density at radius 1 is 0.957 bits per heavy atom. The summed E-state index contributed by atoms with van der Waals surface area (Å²) in [5, 5.41) is 20.6. The molecule has 1 saturated heterocycles. The Morgan fingerprint density at radius 2 is 1.48 bits per heavy atom. The molecule has 1 fully saturated rings. The van der Waals surface area contributed by atoms with E-state index in [9.17, 15) is 24.6 Å². The van der Waals surface area contributed by atoms with E-state index in [0.717, 1.165) is 0 Å². The Labute approximate surface area is 137 Å². The van der Waals surface area contributed by atoms with Crippen LogP contribution in [0.15, 0.2) is 0 Å². The number of ether oxygens (including phenoxy) is 1. The van der Waals surface area contributed by atoms with Gasteiger partial charge >= 0.3 is 5.97 Å². The van der Waals surface area contributed by atoms with Gasteiger partial charge in [-0.1, -0.05) is 13.8 Å². The highest BCUT2D eigenvalue weighted by Crippen LogP contribution is 2.25. The first-order valence-electron chi connectivity index (χ1n) is 8.16. The fourth-order valence-corrected chi connectivity index (χ4v) is 2.90. The number of esters is 1. The highest BCUT2D eigenvalue weighted by molar-refractivity contribution is 5.90. The summed E-state index contributed by atoms with van der Waals surface area (Å²) in [5.41, 5.74) is -3.19. The van der Waals surface area contributed by atoms with Gasteiger partial charge in [0.05, 0.1) is 0 Å². The summed E-state index contributed by atoms with van der Waals surface area (Å²) >= 11 is 0. The summed E-state index contributed by atoms with van der Waals surface area (Å²) in [6, 6.07) is 0. The second-order valence-corrected chi connectivity index (χ2v) is 7.17. The third-order valence-electron chi connectivity index (χ3n) is 4.55. The summed E-state index contributed by atoms with van der Waals surface area (Å²) in [4.78, 5) is 36.3. The van der Waals surface area contributed by atoms with Crippen molar-refractivity contribution in [3.8, 4) is 0 Å². The normalized spacial score (nSPS) is 38.8. The van der Waals surface area contributed by atoms with E-state index in [0.29, 0.717) is 12.8 Å². The molecule has 1 rings (SSSR count). The fraction of sp³-hybridized carbons (Fsp3) is 0.824. The first kappa shape index (κ1) is 19.8. The van der Waals surface area contributed by atoms with Gasteiger partial charge in [-0.15, -0.1) is 0 Å². The molecule has 1 aliphatic heterocycles. The van der Waals surface area contributed by atoms with Crippen LogP contribution in [0, 0.1) is 11.8 Å². The lowest BCUT2D eigenvalue weighted by molar-refractivity contribution is -0.158. The molecule has 0 radical (unpaired) electrons. The maximum Gasteiger partial charge on any atom is 0.305 e. The molecule has 0 aromatic rings. The molecule has 6 nitrogen and oxygen atoms in total. The molecule has 0 unspecified atom stereocenters. The van der Waals surface area contributed by atoms with Gasteiger partial charge in [-0.3, -0.25) is 14.4 Å². The number of ketones is 2. The Bertz CT molecular complexity index is 466. The summed E-state index contributed by atoms with van der Waals surface area (Å²) in [6.45, 7) is 5.79. The Kier molecular flexibility index (Phi) is 6.48. The molecule has 0 bridgehead atoms. The van der Waals surface area contributed by atoms with Gasteiger partial charge < -0.3 is 14.9 Å². The van der Waals surface area contributed by atoms with Crippen LogP contribution in [0.4, 0.5) is 0 Å². The summed E-state index contributed by atoms with van der Waals surface area (Å²) in [5.74, 6) is -2.17. The van der Waals surface area contributed by atoms with Crippen LogP contribution in [0.2, 0.25) is 0 Å². The molecule has 1 aliphatic rings. The number of hydrogen-bond acceptors (Lipinski definition) is 6. The molecule has 0 aromatic carbocycles. The molecule has 2 N–H and O–H groups in total. The molecule has 0 aliphatic carbocycles. The highest BCUT2D eigenvalue weighted by atomic mass is 16.5. The van der Waals surface area contributed by atoms with E-state index in [1.165, 1.54) is 13.8 Å². The first-order chi connectivity index (χ1) is 10.5. The van der Waals surface area contributed by atoms with Gasteiger partial charge in [0.1, 0.15) is 12.2 Å².